The topological polar surface area (TPSA) is 146 Å². The Hall–Kier alpha value is -3.21. The van der Waals surface area contributed by atoms with Crippen molar-refractivity contribution in [1.29, 1.82) is 0 Å². The minimum absolute atomic E-state index is 0.0123. The number of benzene rings is 2. The summed E-state index contributed by atoms with van der Waals surface area (Å²) in [6.45, 7) is 3.71. The fourth-order valence-corrected chi connectivity index (χ4v) is 5.10. The minimum atomic E-state index is -3.65. The third kappa shape index (κ3) is 5.77. The Kier molecular flexibility index (Phi) is 7.96. The van der Waals surface area contributed by atoms with E-state index in [2.05, 4.69) is 11.9 Å². The molecule has 38 heavy (non-hydrogen) atoms. The standard InChI is InChI=1S/C27H27Cl2N3O6/c1-14-6-8-18(10-14)38-22-12-17(19-11-16(24(30)33)7-9-20(19)28)13-31-25(22)32(27(35,36)37)26(34)23-15(2)4-3-5-21(23)29/h3-5,7,9,11-14,18,35-37H,6,8,10H2,1-2H3,(H2,30,33)/t14-,18-/m0/s1. The van der Waals surface area contributed by atoms with Gasteiger partial charge in [0.2, 0.25) is 5.91 Å². The normalized spacial score (nSPS) is 17.3. The van der Waals surface area contributed by atoms with Crippen molar-refractivity contribution in [1.82, 2.24) is 4.98 Å². The molecule has 5 N–H and O–H groups in total. The van der Waals surface area contributed by atoms with Crippen LogP contribution < -0.4 is 15.4 Å². The molecule has 1 saturated carbocycles. The van der Waals surface area contributed by atoms with Crippen molar-refractivity contribution < 1.29 is 29.6 Å². The second-order valence-electron chi connectivity index (χ2n) is 9.43. The Morgan fingerprint density at radius 1 is 1.11 bits per heavy atom. The highest BCUT2D eigenvalue weighted by molar-refractivity contribution is 6.35. The number of carbonyl (C=O) groups excluding carboxylic acids is 2. The van der Waals surface area contributed by atoms with E-state index in [9.17, 15) is 24.9 Å². The summed E-state index contributed by atoms with van der Waals surface area (Å²) in [5, 5.41) is 31.3. The van der Waals surface area contributed by atoms with Crippen molar-refractivity contribution in [2.75, 3.05) is 4.90 Å². The molecule has 1 heterocycles. The second-order valence-corrected chi connectivity index (χ2v) is 10.2. The van der Waals surface area contributed by atoms with Crippen LogP contribution in [0.2, 0.25) is 10.0 Å². The van der Waals surface area contributed by atoms with Gasteiger partial charge in [-0.2, -0.15) is 0 Å². The number of primary amides is 1. The van der Waals surface area contributed by atoms with E-state index in [-0.39, 0.29) is 33.8 Å². The van der Waals surface area contributed by atoms with Crippen LogP contribution in [-0.2, 0) is 0 Å². The first-order valence-corrected chi connectivity index (χ1v) is 12.7. The van der Waals surface area contributed by atoms with Gasteiger partial charge >= 0.3 is 6.10 Å². The predicted molar refractivity (Wildman–Crippen MR) is 143 cm³/mol. The first-order chi connectivity index (χ1) is 17.9. The van der Waals surface area contributed by atoms with Gasteiger partial charge in [-0.05, 0) is 68.0 Å². The van der Waals surface area contributed by atoms with Gasteiger partial charge in [0.1, 0.15) is 0 Å². The molecule has 0 unspecified atom stereocenters. The summed E-state index contributed by atoms with van der Waals surface area (Å²) in [4.78, 5) is 29.9. The van der Waals surface area contributed by atoms with Crippen molar-refractivity contribution >= 4 is 40.8 Å². The molecule has 3 aromatic rings. The van der Waals surface area contributed by atoms with Gasteiger partial charge in [0.25, 0.3) is 5.91 Å². The molecule has 1 aliphatic rings. The van der Waals surface area contributed by atoms with Gasteiger partial charge < -0.3 is 25.8 Å². The van der Waals surface area contributed by atoms with Crippen LogP contribution in [0.3, 0.4) is 0 Å². The molecule has 11 heteroatoms. The smallest absolute Gasteiger partial charge is 0.377 e. The molecular weight excluding hydrogens is 533 g/mol. The van der Waals surface area contributed by atoms with Gasteiger partial charge in [0.05, 0.1) is 16.7 Å². The van der Waals surface area contributed by atoms with Gasteiger partial charge in [-0.1, -0.05) is 42.3 Å². The number of hydrogen-bond acceptors (Lipinski definition) is 7. The zero-order valence-corrected chi connectivity index (χ0v) is 22.2. The molecule has 2 aromatic carbocycles. The van der Waals surface area contributed by atoms with Crippen LogP contribution in [0.4, 0.5) is 5.82 Å². The minimum Gasteiger partial charge on any atom is -0.486 e. The van der Waals surface area contributed by atoms with Crippen LogP contribution in [-0.4, -0.2) is 44.3 Å². The van der Waals surface area contributed by atoms with E-state index >= 15 is 0 Å². The Morgan fingerprint density at radius 2 is 1.84 bits per heavy atom. The van der Waals surface area contributed by atoms with Crippen LogP contribution in [0.25, 0.3) is 11.1 Å². The Bertz CT molecular complexity index is 1370. The maximum Gasteiger partial charge on any atom is 0.377 e. The van der Waals surface area contributed by atoms with Gasteiger partial charge in [0.15, 0.2) is 11.6 Å². The van der Waals surface area contributed by atoms with Crippen molar-refractivity contribution in [3.05, 3.63) is 75.4 Å². The summed E-state index contributed by atoms with van der Waals surface area (Å²) in [5.41, 5.74) is 6.84. The first-order valence-electron chi connectivity index (χ1n) is 11.9. The summed E-state index contributed by atoms with van der Waals surface area (Å²) in [7, 11) is 0. The van der Waals surface area contributed by atoms with E-state index in [0.29, 0.717) is 32.5 Å². The number of nitrogens with two attached hydrogens (primary N) is 1. The number of nitrogens with zero attached hydrogens (tertiary/aromatic N) is 2. The van der Waals surface area contributed by atoms with Crippen molar-refractivity contribution in [3.8, 4) is 16.9 Å². The Morgan fingerprint density at radius 3 is 2.45 bits per heavy atom. The molecule has 2 amide bonds. The molecule has 0 bridgehead atoms. The highest BCUT2D eigenvalue weighted by Crippen LogP contribution is 2.39. The summed E-state index contributed by atoms with van der Waals surface area (Å²) in [5.74, 6) is -1.63. The molecular formula is C27H27Cl2N3O6. The number of aryl methyl sites for hydroxylation is 1. The van der Waals surface area contributed by atoms with Crippen molar-refractivity contribution in [3.63, 3.8) is 0 Å². The number of ether oxygens (including phenoxy) is 1. The summed E-state index contributed by atoms with van der Waals surface area (Å²) in [6.07, 6.45) is -0.230. The lowest BCUT2D eigenvalue weighted by atomic mass is 10.0. The summed E-state index contributed by atoms with van der Waals surface area (Å²) in [6, 6.07) is 10.7. The number of anilines is 1. The van der Waals surface area contributed by atoms with Crippen LogP contribution in [0.5, 0.6) is 5.75 Å². The molecule has 1 aliphatic carbocycles. The van der Waals surface area contributed by atoms with Crippen LogP contribution in [0.1, 0.15) is 52.5 Å². The molecule has 200 valence electrons. The molecule has 4 rings (SSSR count). The molecule has 0 radical (unpaired) electrons. The Balaban J connectivity index is 1.88. The van der Waals surface area contributed by atoms with Crippen LogP contribution >= 0.6 is 23.2 Å². The quantitative estimate of drug-likeness (QED) is 0.316. The number of aromatic nitrogens is 1. The third-order valence-corrected chi connectivity index (χ3v) is 7.13. The van der Waals surface area contributed by atoms with Gasteiger partial charge in [-0.15, -0.1) is 0 Å². The van der Waals surface area contributed by atoms with Crippen LogP contribution in [0, 0.1) is 12.8 Å². The Labute approximate surface area is 229 Å². The molecule has 1 aromatic heterocycles. The number of carbonyl (C=O) groups is 2. The highest BCUT2D eigenvalue weighted by atomic mass is 35.5. The fourth-order valence-electron chi connectivity index (χ4n) is 4.57. The van der Waals surface area contributed by atoms with E-state index in [1.54, 1.807) is 19.1 Å². The maximum absolute atomic E-state index is 13.6. The fraction of sp³-hybridized carbons (Fsp3) is 0.296. The largest absolute Gasteiger partial charge is 0.486 e. The molecule has 1 fully saturated rings. The number of amides is 2. The number of hydrogen-bond donors (Lipinski definition) is 4. The molecule has 9 nitrogen and oxygen atoms in total. The summed E-state index contributed by atoms with van der Waals surface area (Å²) >= 11 is 12.7. The second kappa shape index (κ2) is 10.9. The number of pyridine rings is 1. The number of halogens is 2. The van der Waals surface area contributed by atoms with E-state index in [0.717, 1.165) is 19.3 Å². The lowest BCUT2D eigenvalue weighted by Gasteiger charge is -2.31. The van der Waals surface area contributed by atoms with Crippen molar-refractivity contribution in [2.24, 2.45) is 11.7 Å². The van der Waals surface area contributed by atoms with E-state index in [1.165, 1.54) is 36.5 Å². The number of aliphatic hydroxyl groups is 3. The third-order valence-electron chi connectivity index (χ3n) is 6.49. The average Bonchev–Trinajstić information content (AvgIpc) is 3.23. The average molecular weight is 560 g/mol. The lowest BCUT2D eigenvalue weighted by Crippen LogP contribution is -2.53. The van der Waals surface area contributed by atoms with Crippen molar-refractivity contribution in [2.45, 2.75) is 45.3 Å². The highest BCUT2D eigenvalue weighted by Gasteiger charge is 2.41. The predicted octanol–water partition coefficient (Wildman–Crippen LogP) is 4.27. The van der Waals surface area contributed by atoms with E-state index in [4.69, 9.17) is 33.7 Å². The first kappa shape index (κ1) is 27.8. The van der Waals surface area contributed by atoms with Crippen LogP contribution in [0.15, 0.2) is 48.7 Å². The number of rotatable bonds is 7. The van der Waals surface area contributed by atoms with Gasteiger partial charge in [0, 0.05) is 27.9 Å². The van der Waals surface area contributed by atoms with E-state index < -0.39 is 17.9 Å². The molecule has 0 saturated heterocycles. The molecule has 0 spiro atoms. The van der Waals surface area contributed by atoms with Gasteiger partial charge in [-0.3, -0.25) is 9.59 Å². The lowest BCUT2D eigenvalue weighted by molar-refractivity contribution is -0.304. The molecule has 2 atom stereocenters. The van der Waals surface area contributed by atoms with E-state index in [1.807, 2.05) is 0 Å². The van der Waals surface area contributed by atoms with Gasteiger partial charge in [-0.25, -0.2) is 9.88 Å². The summed E-state index contributed by atoms with van der Waals surface area (Å²) < 4.78 is 6.22. The zero-order valence-electron chi connectivity index (χ0n) is 20.7. The molecule has 0 aliphatic heterocycles. The SMILES string of the molecule is Cc1cccc(Cl)c1C(=O)N(c1ncc(-c2cc(C(N)=O)ccc2Cl)cc1O[C@H]1CC[C@H](C)C1)C(O)(O)O. The maximum atomic E-state index is 13.6. The monoisotopic (exact) mass is 559 g/mol. The zero-order chi connectivity index (χ0) is 27.8.